The van der Waals surface area contributed by atoms with Crippen LogP contribution in [0.3, 0.4) is 0 Å². The molecule has 0 aliphatic rings. The first-order chi connectivity index (χ1) is 11.7. The van der Waals surface area contributed by atoms with E-state index >= 15 is 0 Å². The molecule has 0 aliphatic heterocycles. The third kappa shape index (κ3) is 3.34. The van der Waals surface area contributed by atoms with Crippen LogP contribution in [-0.2, 0) is 17.9 Å². The third-order valence-electron chi connectivity index (χ3n) is 3.94. The van der Waals surface area contributed by atoms with Crippen molar-refractivity contribution in [3.63, 3.8) is 0 Å². The molecule has 2 heterocycles. The van der Waals surface area contributed by atoms with Crippen LogP contribution >= 0.6 is 0 Å². The van der Waals surface area contributed by atoms with E-state index in [4.69, 9.17) is 0 Å². The lowest BCUT2D eigenvalue weighted by Gasteiger charge is -2.21. The zero-order valence-electron chi connectivity index (χ0n) is 13.5. The fourth-order valence-electron chi connectivity index (χ4n) is 2.63. The number of fused-ring (bicyclic) bond motifs is 1. The van der Waals surface area contributed by atoms with Gasteiger partial charge in [-0.25, -0.2) is 4.98 Å². The molecule has 2 aromatic heterocycles. The maximum atomic E-state index is 12.6. The van der Waals surface area contributed by atoms with E-state index in [1.54, 1.807) is 21.8 Å². The summed E-state index contributed by atoms with van der Waals surface area (Å²) in [5, 5.41) is 4.14. The van der Waals surface area contributed by atoms with Gasteiger partial charge in [-0.3, -0.25) is 18.8 Å². The minimum Gasteiger partial charge on any atom is -0.340 e. The average Bonchev–Trinajstić information content (AvgIpc) is 3.11. The van der Waals surface area contributed by atoms with Crippen molar-refractivity contribution in [3.8, 4) is 0 Å². The predicted octanol–water partition coefficient (Wildman–Crippen LogP) is 1.14. The normalized spacial score (nSPS) is 10.9. The molecule has 124 valence electrons. The summed E-state index contributed by atoms with van der Waals surface area (Å²) in [7, 11) is 0. The molecule has 0 saturated carbocycles. The fourth-order valence-corrected chi connectivity index (χ4v) is 2.63. The molecule has 24 heavy (non-hydrogen) atoms. The number of para-hydroxylation sites is 2. The molecule has 0 bridgehead atoms. The Morgan fingerprint density at radius 1 is 1.25 bits per heavy atom. The second-order valence-corrected chi connectivity index (χ2v) is 5.41. The van der Waals surface area contributed by atoms with Gasteiger partial charge in [0.15, 0.2) is 0 Å². The zero-order valence-corrected chi connectivity index (χ0v) is 13.5. The van der Waals surface area contributed by atoms with Gasteiger partial charge in [0.2, 0.25) is 5.91 Å². The smallest absolute Gasteiger partial charge is 0.269 e. The van der Waals surface area contributed by atoms with E-state index in [0.717, 1.165) is 0 Å². The molecular formula is C17H19N5O2. The molecular weight excluding hydrogens is 306 g/mol. The Kier molecular flexibility index (Phi) is 4.69. The van der Waals surface area contributed by atoms with Gasteiger partial charge in [0.25, 0.3) is 5.56 Å². The summed E-state index contributed by atoms with van der Waals surface area (Å²) >= 11 is 0. The maximum Gasteiger partial charge on any atom is 0.269 e. The Labute approximate surface area is 139 Å². The summed E-state index contributed by atoms with van der Waals surface area (Å²) in [5.41, 5.74) is 1.09. The van der Waals surface area contributed by atoms with Gasteiger partial charge < -0.3 is 4.90 Å². The first-order valence-electron chi connectivity index (χ1n) is 7.89. The first kappa shape index (κ1) is 15.9. The van der Waals surface area contributed by atoms with Gasteiger partial charge in [-0.15, -0.1) is 0 Å². The number of rotatable bonds is 6. The van der Waals surface area contributed by atoms with E-state index < -0.39 is 0 Å². The van der Waals surface area contributed by atoms with Crippen LogP contribution in [0.5, 0.6) is 0 Å². The molecule has 0 spiro atoms. The SMILES string of the molecule is CCN(CCn1cccn1)C(=O)Cn1c(=O)cnc2ccccc21. The van der Waals surface area contributed by atoms with Gasteiger partial charge in [0.05, 0.1) is 23.8 Å². The van der Waals surface area contributed by atoms with E-state index in [2.05, 4.69) is 10.1 Å². The van der Waals surface area contributed by atoms with E-state index in [1.807, 2.05) is 37.4 Å². The second kappa shape index (κ2) is 7.08. The van der Waals surface area contributed by atoms with E-state index in [0.29, 0.717) is 30.7 Å². The molecule has 0 radical (unpaired) electrons. The molecule has 1 amide bonds. The first-order valence-corrected chi connectivity index (χ1v) is 7.89. The van der Waals surface area contributed by atoms with Crippen LogP contribution in [0.2, 0.25) is 0 Å². The van der Waals surface area contributed by atoms with Gasteiger partial charge in [-0.1, -0.05) is 12.1 Å². The van der Waals surface area contributed by atoms with Crippen molar-refractivity contribution in [1.82, 2.24) is 24.2 Å². The van der Waals surface area contributed by atoms with E-state index in [9.17, 15) is 9.59 Å². The summed E-state index contributed by atoms with van der Waals surface area (Å²) in [6.07, 6.45) is 4.83. The molecule has 0 saturated heterocycles. The molecule has 1 aromatic carbocycles. The molecule has 0 N–H and O–H groups in total. The summed E-state index contributed by atoms with van der Waals surface area (Å²) in [4.78, 5) is 30.6. The Bertz CT molecular complexity index is 885. The molecule has 7 heteroatoms. The summed E-state index contributed by atoms with van der Waals surface area (Å²) in [6, 6.07) is 9.16. The quantitative estimate of drug-likeness (QED) is 0.681. The fraction of sp³-hybridized carbons (Fsp3) is 0.294. The Balaban J connectivity index is 1.78. The number of amides is 1. The van der Waals surface area contributed by atoms with Crippen LogP contribution in [0.4, 0.5) is 0 Å². The number of carbonyl (C=O) groups is 1. The lowest BCUT2D eigenvalue weighted by Crippen LogP contribution is -2.38. The standard InChI is InChI=1S/C17H19N5O2/c1-2-20(10-11-21-9-5-8-19-21)17(24)13-22-15-7-4-3-6-14(15)18-12-16(22)23/h3-9,12H,2,10-11,13H2,1H3. The minimum atomic E-state index is -0.273. The van der Waals surface area contributed by atoms with Crippen molar-refractivity contribution >= 4 is 16.9 Å². The Hall–Kier alpha value is -2.96. The van der Waals surface area contributed by atoms with Crippen LogP contribution in [0.1, 0.15) is 6.92 Å². The van der Waals surface area contributed by atoms with Crippen LogP contribution in [0, 0.1) is 0 Å². The van der Waals surface area contributed by atoms with Crippen LogP contribution < -0.4 is 5.56 Å². The molecule has 0 aliphatic carbocycles. The van der Waals surface area contributed by atoms with Gasteiger partial charge in [0, 0.05) is 25.5 Å². The Morgan fingerprint density at radius 2 is 2.08 bits per heavy atom. The molecule has 3 aromatic rings. The van der Waals surface area contributed by atoms with Crippen molar-refractivity contribution in [2.75, 3.05) is 13.1 Å². The highest BCUT2D eigenvalue weighted by Gasteiger charge is 2.14. The molecule has 0 unspecified atom stereocenters. The molecule has 0 fully saturated rings. The third-order valence-corrected chi connectivity index (χ3v) is 3.94. The number of nitrogens with zero attached hydrogens (tertiary/aromatic N) is 5. The van der Waals surface area contributed by atoms with Gasteiger partial charge in [0.1, 0.15) is 6.54 Å². The second-order valence-electron chi connectivity index (χ2n) is 5.41. The number of hydrogen-bond acceptors (Lipinski definition) is 4. The highest BCUT2D eigenvalue weighted by Crippen LogP contribution is 2.08. The van der Waals surface area contributed by atoms with Crippen molar-refractivity contribution < 1.29 is 4.79 Å². The van der Waals surface area contributed by atoms with Crippen molar-refractivity contribution in [2.45, 2.75) is 20.0 Å². The minimum absolute atomic E-state index is 0.00874. The lowest BCUT2D eigenvalue weighted by atomic mass is 10.3. The summed E-state index contributed by atoms with van der Waals surface area (Å²) < 4.78 is 3.26. The van der Waals surface area contributed by atoms with E-state index in [1.165, 1.54) is 10.8 Å². The van der Waals surface area contributed by atoms with E-state index in [-0.39, 0.29) is 18.0 Å². The maximum absolute atomic E-state index is 12.6. The van der Waals surface area contributed by atoms with Crippen molar-refractivity contribution in [3.05, 3.63) is 59.3 Å². The predicted molar refractivity (Wildman–Crippen MR) is 90.5 cm³/mol. The molecule has 7 nitrogen and oxygen atoms in total. The monoisotopic (exact) mass is 325 g/mol. The topological polar surface area (TPSA) is 73.0 Å². The van der Waals surface area contributed by atoms with Gasteiger partial charge >= 0.3 is 0 Å². The van der Waals surface area contributed by atoms with Gasteiger partial charge in [-0.05, 0) is 25.1 Å². The largest absolute Gasteiger partial charge is 0.340 e. The number of aromatic nitrogens is 4. The van der Waals surface area contributed by atoms with Crippen LogP contribution in [0.15, 0.2) is 53.7 Å². The number of likely N-dealkylation sites (N-methyl/N-ethyl adjacent to an activating group) is 1. The highest BCUT2D eigenvalue weighted by molar-refractivity contribution is 5.80. The van der Waals surface area contributed by atoms with Crippen molar-refractivity contribution in [2.24, 2.45) is 0 Å². The summed E-state index contributed by atoms with van der Waals surface area (Å²) in [5.74, 6) is -0.0943. The molecule has 0 atom stereocenters. The lowest BCUT2D eigenvalue weighted by molar-refractivity contribution is -0.131. The highest BCUT2D eigenvalue weighted by atomic mass is 16.2. The number of carbonyl (C=O) groups excluding carboxylic acids is 1. The summed E-state index contributed by atoms with van der Waals surface area (Å²) in [6.45, 7) is 3.69. The average molecular weight is 325 g/mol. The van der Waals surface area contributed by atoms with Crippen LogP contribution in [-0.4, -0.2) is 43.2 Å². The number of benzene rings is 1. The zero-order chi connectivity index (χ0) is 16.9. The Morgan fingerprint density at radius 3 is 2.83 bits per heavy atom. The van der Waals surface area contributed by atoms with Crippen molar-refractivity contribution in [1.29, 1.82) is 0 Å². The number of hydrogen-bond donors (Lipinski definition) is 0. The molecule has 3 rings (SSSR count). The van der Waals surface area contributed by atoms with Crippen LogP contribution in [0.25, 0.3) is 11.0 Å². The van der Waals surface area contributed by atoms with Gasteiger partial charge in [-0.2, -0.15) is 5.10 Å².